The number of nitrogens with one attached hydrogen (secondary N) is 1. The number of rotatable bonds is 4. The Balaban J connectivity index is 1.47. The lowest BCUT2D eigenvalue weighted by atomic mass is 10.0. The molecule has 30 heavy (non-hydrogen) atoms. The highest BCUT2D eigenvalue weighted by molar-refractivity contribution is 5.98. The Labute approximate surface area is 174 Å². The summed E-state index contributed by atoms with van der Waals surface area (Å²) in [6.45, 7) is 1.48. The molecule has 1 aliphatic heterocycles. The summed E-state index contributed by atoms with van der Waals surface area (Å²) in [6.07, 6.45) is 3.68. The largest absolute Gasteiger partial charge is 0.497 e. The van der Waals surface area contributed by atoms with E-state index in [1.165, 1.54) is 0 Å². The zero-order valence-electron chi connectivity index (χ0n) is 16.6. The summed E-state index contributed by atoms with van der Waals surface area (Å²) in [5, 5.41) is 1.03. The molecular weight excluding hydrogens is 378 g/mol. The number of hydrogen-bond donors (Lipinski definition) is 1. The van der Waals surface area contributed by atoms with Gasteiger partial charge >= 0.3 is 0 Å². The molecule has 0 unspecified atom stereocenters. The number of aromatic nitrogens is 2. The van der Waals surface area contributed by atoms with E-state index in [0.717, 1.165) is 33.5 Å². The minimum absolute atomic E-state index is 0.0390. The number of carbonyl (C=O) groups excluding carboxylic acids is 1. The average molecular weight is 399 g/mol. The zero-order valence-corrected chi connectivity index (χ0v) is 16.6. The van der Waals surface area contributed by atoms with E-state index in [1.54, 1.807) is 7.11 Å². The standard InChI is InChI=1S/C24H21N3O3/c1-29-20-4-2-3-16(11-20)15-27-9-10-30-22-6-5-17(13-21(22)24(27)28)19-12-18-7-8-25-23(18)26-14-19/h2-8,11-14H,9-10,15H2,1H3,(H,25,26). The fourth-order valence-electron chi connectivity index (χ4n) is 3.78. The van der Waals surface area contributed by atoms with Crippen LogP contribution in [0.5, 0.6) is 11.5 Å². The number of benzene rings is 2. The Morgan fingerprint density at radius 1 is 1.13 bits per heavy atom. The van der Waals surface area contributed by atoms with E-state index in [-0.39, 0.29) is 5.91 Å². The Bertz CT molecular complexity index is 1230. The Morgan fingerprint density at radius 2 is 2.07 bits per heavy atom. The minimum Gasteiger partial charge on any atom is -0.497 e. The van der Waals surface area contributed by atoms with E-state index in [9.17, 15) is 4.79 Å². The van der Waals surface area contributed by atoms with Crippen molar-refractivity contribution in [2.75, 3.05) is 20.3 Å². The molecule has 2 aromatic carbocycles. The van der Waals surface area contributed by atoms with Crippen molar-refractivity contribution in [1.29, 1.82) is 0 Å². The predicted molar refractivity (Wildman–Crippen MR) is 115 cm³/mol. The molecule has 6 heteroatoms. The van der Waals surface area contributed by atoms with Gasteiger partial charge in [-0.1, -0.05) is 18.2 Å². The molecule has 0 radical (unpaired) electrons. The third-order valence-corrected chi connectivity index (χ3v) is 5.36. The molecule has 0 fully saturated rings. The summed E-state index contributed by atoms with van der Waals surface area (Å²) in [5.74, 6) is 1.36. The number of H-pyrrole nitrogens is 1. The van der Waals surface area contributed by atoms with Crippen LogP contribution in [0.1, 0.15) is 15.9 Å². The highest BCUT2D eigenvalue weighted by atomic mass is 16.5. The van der Waals surface area contributed by atoms with Crippen molar-refractivity contribution in [3.8, 4) is 22.6 Å². The number of carbonyl (C=O) groups is 1. The van der Waals surface area contributed by atoms with Gasteiger partial charge in [0.1, 0.15) is 23.8 Å². The monoisotopic (exact) mass is 399 g/mol. The molecule has 1 aliphatic rings. The number of pyridine rings is 1. The summed E-state index contributed by atoms with van der Waals surface area (Å²) < 4.78 is 11.2. The molecule has 2 aromatic heterocycles. The van der Waals surface area contributed by atoms with Gasteiger partial charge < -0.3 is 19.4 Å². The van der Waals surface area contributed by atoms with Gasteiger partial charge in [0.2, 0.25) is 0 Å². The van der Waals surface area contributed by atoms with Gasteiger partial charge in [0.25, 0.3) is 5.91 Å². The highest BCUT2D eigenvalue weighted by Crippen LogP contribution is 2.30. The van der Waals surface area contributed by atoms with E-state index < -0.39 is 0 Å². The quantitative estimate of drug-likeness (QED) is 0.556. The van der Waals surface area contributed by atoms with Crippen molar-refractivity contribution >= 4 is 16.9 Å². The first kappa shape index (κ1) is 18.2. The molecule has 150 valence electrons. The summed E-state index contributed by atoms with van der Waals surface area (Å²) >= 11 is 0. The number of fused-ring (bicyclic) bond motifs is 2. The number of amides is 1. The van der Waals surface area contributed by atoms with E-state index in [4.69, 9.17) is 9.47 Å². The van der Waals surface area contributed by atoms with Gasteiger partial charge in [-0.05, 0) is 47.5 Å². The van der Waals surface area contributed by atoms with Crippen molar-refractivity contribution in [1.82, 2.24) is 14.9 Å². The average Bonchev–Trinajstić information content (AvgIpc) is 3.20. The summed E-state index contributed by atoms with van der Waals surface area (Å²) in [7, 11) is 1.64. The van der Waals surface area contributed by atoms with Crippen molar-refractivity contribution in [2.45, 2.75) is 6.54 Å². The molecule has 1 N–H and O–H groups in total. The smallest absolute Gasteiger partial charge is 0.258 e. The van der Waals surface area contributed by atoms with Crippen LogP contribution in [0.4, 0.5) is 0 Å². The molecule has 0 atom stereocenters. The van der Waals surface area contributed by atoms with E-state index in [1.807, 2.05) is 65.8 Å². The number of ether oxygens (including phenoxy) is 2. The first-order chi connectivity index (χ1) is 14.7. The second-order valence-corrected chi connectivity index (χ2v) is 7.28. The molecule has 0 saturated carbocycles. The van der Waals surface area contributed by atoms with Gasteiger partial charge in [0.05, 0.1) is 19.2 Å². The molecule has 0 bridgehead atoms. The lowest BCUT2D eigenvalue weighted by molar-refractivity contribution is 0.0743. The van der Waals surface area contributed by atoms with Gasteiger partial charge in [-0.25, -0.2) is 4.98 Å². The van der Waals surface area contributed by atoms with Crippen molar-refractivity contribution in [2.24, 2.45) is 0 Å². The van der Waals surface area contributed by atoms with Gasteiger partial charge in [-0.2, -0.15) is 0 Å². The summed E-state index contributed by atoms with van der Waals surface area (Å²) in [6, 6.07) is 17.6. The zero-order chi connectivity index (χ0) is 20.5. The van der Waals surface area contributed by atoms with E-state index in [0.29, 0.717) is 31.0 Å². The fraction of sp³-hybridized carbons (Fsp3) is 0.167. The number of hydrogen-bond acceptors (Lipinski definition) is 4. The van der Waals surface area contributed by atoms with E-state index >= 15 is 0 Å². The van der Waals surface area contributed by atoms with Crippen LogP contribution < -0.4 is 9.47 Å². The van der Waals surface area contributed by atoms with Crippen LogP contribution in [0, 0.1) is 0 Å². The Morgan fingerprint density at radius 3 is 2.97 bits per heavy atom. The highest BCUT2D eigenvalue weighted by Gasteiger charge is 2.24. The SMILES string of the molecule is COc1cccc(CN2CCOc3ccc(-c4cnc5[nH]ccc5c4)cc3C2=O)c1. The lowest BCUT2D eigenvalue weighted by Gasteiger charge is -2.20. The second-order valence-electron chi connectivity index (χ2n) is 7.28. The molecular formula is C24H21N3O3. The molecule has 3 heterocycles. The van der Waals surface area contributed by atoms with Crippen LogP contribution in [0.3, 0.4) is 0 Å². The van der Waals surface area contributed by atoms with E-state index in [2.05, 4.69) is 16.0 Å². The topological polar surface area (TPSA) is 67.5 Å². The van der Waals surface area contributed by atoms with Gasteiger partial charge in [0, 0.05) is 29.9 Å². The number of nitrogens with zero attached hydrogens (tertiary/aromatic N) is 2. The Kier molecular flexibility index (Phi) is 4.59. The number of aromatic amines is 1. The maximum absolute atomic E-state index is 13.3. The van der Waals surface area contributed by atoms with Crippen LogP contribution in [-0.4, -0.2) is 41.0 Å². The van der Waals surface area contributed by atoms with Gasteiger partial charge in [-0.3, -0.25) is 4.79 Å². The minimum atomic E-state index is -0.0390. The molecule has 4 aromatic rings. The summed E-state index contributed by atoms with van der Waals surface area (Å²) in [4.78, 5) is 22.7. The van der Waals surface area contributed by atoms with Crippen LogP contribution in [0.15, 0.2) is 67.0 Å². The van der Waals surface area contributed by atoms with Crippen LogP contribution in [-0.2, 0) is 6.54 Å². The molecule has 5 rings (SSSR count). The van der Waals surface area contributed by atoms with Crippen LogP contribution >= 0.6 is 0 Å². The van der Waals surface area contributed by atoms with Crippen molar-refractivity contribution < 1.29 is 14.3 Å². The molecule has 0 saturated heterocycles. The predicted octanol–water partition coefficient (Wildman–Crippen LogP) is 4.27. The first-order valence-electron chi connectivity index (χ1n) is 9.84. The molecule has 0 aliphatic carbocycles. The van der Waals surface area contributed by atoms with Crippen LogP contribution in [0.25, 0.3) is 22.2 Å². The Hall–Kier alpha value is -3.80. The second kappa shape index (κ2) is 7.55. The van der Waals surface area contributed by atoms with Crippen LogP contribution in [0.2, 0.25) is 0 Å². The third kappa shape index (κ3) is 3.37. The molecule has 1 amide bonds. The molecule has 0 spiro atoms. The summed E-state index contributed by atoms with van der Waals surface area (Å²) in [5.41, 5.74) is 4.33. The maximum Gasteiger partial charge on any atom is 0.258 e. The van der Waals surface area contributed by atoms with Crippen molar-refractivity contribution in [3.63, 3.8) is 0 Å². The third-order valence-electron chi connectivity index (χ3n) is 5.36. The van der Waals surface area contributed by atoms with Gasteiger partial charge in [-0.15, -0.1) is 0 Å². The number of methoxy groups -OCH3 is 1. The fourth-order valence-corrected chi connectivity index (χ4v) is 3.78. The molecule has 6 nitrogen and oxygen atoms in total. The van der Waals surface area contributed by atoms with Gasteiger partial charge in [0.15, 0.2) is 0 Å². The lowest BCUT2D eigenvalue weighted by Crippen LogP contribution is -2.31. The normalized spacial score (nSPS) is 13.6. The van der Waals surface area contributed by atoms with Crippen molar-refractivity contribution in [3.05, 3.63) is 78.1 Å². The maximum atomic E-state index is 13.3. The first-order valence-corrected chi connectivity index (χ1v) is 9.84.